The molecule has 1 aromatic heterocycles. The highest BCUT2D eigenvalue weighted by atomic mass is 15.0. The molecule has 3 rings (SSSR count). The third kappa shape index (κ3) is 2.33. The van der Waals surface area contributed by atoms with Crippen LogP contribution in [-0.4, -0.2) is 11.5 Å². The van der Waals surface area contributed by atoms with Crippen LogP contribution in [0.15, 0.2) is 30.3 Å². The SMILES string of the molecule is CCCCNc1nc2ccccc2cc1C1CC1. The fourth-order valence-electron chi connectivity index (χ4n) is 2.36. The number of nitrogens with one attached hydrogen (secondary N) is 1. The van der Waals surface area contributed by atoms with Gasteiger partial charge < -0.3 is 5.32 Å². The van der Waals surface area contributed by atoms with E-state index in [1.165, 1.54) is 36.6 Å². The molecule has 0 unspecified atom stereocenters. The number of unbranched alkanes of at least 4 members (excludes halogenated alkanes) is 1. The first-order chi connectivity index (χ1) is 8.88. The van der Waals surface area contributed by atoms with Gasteiger partial charge in [-0.2, -0.15) is 0 Å². The molecule has 1 saturated carbocycles. The number of aromatic nitrogens is 1. The Morgan fingerprint density at radius 3 is 2.89 bits per heavy atom. The zero-order valence-corrected chi connectivity index (χ0v) is 10.9. The van der Waals surface area contributed by atoms with E-state index in [1.807, 2.05) is 0 Å². The predicted octanol–water partition coefficient (Wildman–Crippen LogP) is 4.32. The van der Waals surface area contributed by atoms with Gasteiger partial charge in [-0.15, -0.1) is 0 Å². The van der Waals surface area contributed by atoms with E-state index in [2.05, 4.69) is 42.6 Å². The summed E-state index contributed by atoms with van der Waals surface area (Å²) in [4.78, 5) is 4.80. The summed E-state index contributed by atoms with van der Waals surface area (Å²) in [6, 6.07) is 10.7. The number of rotatable bonds is 5. The number of fused-ring (bicyclic) bond motifs is 1. The fourth-order valence-corrected chi connectivity index (χ4v) is 2.36. The van der Waals surface area contributed by atoms with Gasteiger partial charge in [0.15, 0.2) is 0 Å². The Hall–Kier alpha value is -1.57. The minimum atomic E-state index is 0.742. The van der Waals surface area contributed by atoms with Gasteiger partial charge in [-0.25, -0.2) is 4.98 Å². The molecule has 18 heavy (non-hydrogen) atoms. The molecule has 1 aliphatic rings. The second kappa shape index (κ2) is 4.97. The third-order valence-corrected chi connectivity index (χ3v) is 3.59. The molecule has 1 aromatic carbocycles. The van der Waals surface area contributed by atoms with Crippen molar-refractivity contribution in [3.63, 3.8) is 0 Å². The molecule has 0 bridgehead atoms. The molecule has 0 amide bonds. The van der Waals surface area contributed by atoms with Crippen molar-refractivity contribution in [3.8, 4) is 0 Å². The van der Waals surface area contributed by atoms with E-state index in [0.717, 1.165) is 23.8 Å². The van der Waals surface area contributed by atoms with Crippen LogP contribution >= 0.6 is 0 Å². The van der Waals surface area contributed by atoms with Crippen molar-refractivity contribution in [1.82, 2.24) is 4.98 Å². The van der Waals surface area contributed by atoms with E-state index < -0.39 is 0 Å². The van der Waals surface area contributed by atoms with Gasteiger partial charge in [-0.3, -0.25) is 0 Å². The van der Waals surface area contributed by atoms with Crippen molar-refractivity contribution in [3.05, 3.63) is 35.9 Å². The van der Waals surface area contributed by atoms with E-state index in [1.54, 1.807) is 0 Å². The second-order valence-electron chi connectivity index (χ2n) is 5.17. The Morgan fingerprint density at radius 1 is 1.28 bits per heavy atom. The molecule has 1 fully saturated rings. The van der Waals surface area contributed by atoms with Gasteiger partial charge in [-0.1, -0.05) is 31.5 Å². The standard InChI is InChI=1S/C16H20N2/c1-2-3-10-17-16-14(12-8-9-12)11-13-6-4-5-7-15(13)18-16/h4-7,11-12H,2-3,8-10H2,1H3,(H,17,18). The summed E-state index contributed by atoms with van der Waals surface area (Å²) in [7, 11) is 0. The number of benzene rings is 1. The molecule has 0 spiro atoms. The van der Waals surface area contributed by atoms with Crippen LogP contribution in [0.3, 0.4) is 0 Å². The molecule has 0 saturated heterocycles. The summed E-state index contributed by atoms with van der Waals surface area (Å²) in [5.74, 6) is 1.86. The van der Waals surface area contributed by atoms with Gasteiger partial charge >= 0.3 is 0 Å². The van der Waals surface area contributed by atoms with Crippen LogP contribution in [0.5, 0.6) is 0 Å². The van der Waals surface area contributed by atoms with E-state index >= 15 is 0 Å². The Labute approximate surface area is 108 Å². The highest BCUT2D eigenvalue weighted by molar-refractivity contribution is 5.82. The van der Waals surface area contributed by atoms with Crippen LogP contribution in [0, 0.1) is 0 Å². The minimum Gasteiger partial charge on any atom is -0.370 e. The van der Waals surface area contributed by atoms with Crippen molar-refractivity contribution in [1.29, 1.82) is 0 Å². The molecular weight excluding hydrogens is 220 g/mol. The molecule has 0 atom stereocenters. The van der Waals surface area contributed by atoms with Crippen LogP contribution in [0.25, 0.3) is 10.9 Å². The normalized spacial score (nSPS) is 14.9. The van der Waals surface area contributed by atoms with Crippen LogP contribution < -0.4 is 5.32 Å². The van der Waals surface area contributed by atoms with Gasteiger partial charge in [-0.05, 0) is 42.9 Å². The Kier molecular flexibility index (Phi) is 3.18. The molecule has 1 heterocycles. The molecule has 0 aliphatic heterocycles. The van der Waals surface area contributed by atoms with Gasteiger partial charge in [0.05, 0.1) is 5.52 Å². The fraction of sp³-hybridized carbons (Fsp3) is 0.438. The first-order valence-corrected chi connectivity index (χ1v) is 7.02. The second-order valence-corrected chi connectivity index (χ2v) is 5.17. The number of para-hydroxylation sites is 1. The zero-order valence-electron chi connectivity index (χ0n) is 10.9. The van der Waals surface area contributed by atoms with Crippen LogP contribution in [-0.2, 0) is 0 Å². The lowest BCUT2D eigenvalue weighted by Crippen LogP contribution is -2.05. The average molecular weight is 240 g/mol. The lowest BCUT2D eigenvalue weighted by atomic mass is 10.1. The molecule has 0 radical (unpaired) electrons. The van der Waals surface area contributed by atoms with Crippen molar-refractivity contribution in [2.45, 2.75) is 38.5 Å². The average Bonchev–Trinajstić information content (AvgIpc) is 3.22. The molecule has 2 aromatic rings. The maximum Gasteiger partial charge on any atom is 0.130 e. The molecule has 1 aliphatic carbocycles. The van der Waals surface area contributed by atoms with Gasteiger partial charge in [0.2, 0.25) is 0 Å². The molecule has 2 nitrogen and oxygen atoms in total. The number of pyridine rings is 1. The summed E-state index contributed by atoms with van der Waals surface area (Å²) >= 11 is 0. The monoisotopic (exact) mass is 240 g/mol. The zero-order chi connectivity index (χ0) is 12.4. The predicted molar refractivity (Wildman–Crippen MR) is 77.1 cm³/mol. The third-order valence-electron chi connectivity index (χ3n) is 3.59. The van der Waals surface area contributed by atoms with Gasteiger partial charge in [0.1, 0.15) is 5.82 Å². The first-order valence-electron chi connectivity index (χ1n) is 7.02. The maximum absolute atomic E-state index is 4.80. The highest BCUT2D eigenvalue weighted by Crippen LogP contribution is 2.43. The van der Waals surface area contributed by atoms with Crippen LogP contribution in [0.4, 0.5) is 5.82 Å². The lowest BCUT2D eigenvalue weighted by Gasteiger charge is -2.12. The molecule has 94 valence electrons. The summed E-state index contributed by atoms with van der Waals surface area (Å²) in [5.41, 5.74) is 2.52. The number of anilines is 1. The Morgan fingerprint density at radius 2 is 2.11 bits per heavy atom. The summed E-state index contributed by atoms with van der Waals surface area (Å²) < 4.78 is 0. The Bertz CT molecular complexity index is 544. The minimum absolute atomic E-state index is 0.742. The summed E-state index contributed by atoms with van der Waals surface area (Å²) in [6.45, 7) is 3.25. The highest BCUT2D eigenvalue weighted by Gasteiger charge is 2.27. The summed E-state index contributed by atoms with van der Waals surface area (Å²) in [5, 5.41) is 4.78. The number of nitrogens with zero attached hydrogens (tertiary/aromatic N) is 1. The first kappa shape index (κ1) is 11.5. The maximum atomic E-state index is 4.80. The van der Waals surface area contributed by atoms with E-state index in [-0.39, 0.29) is 0 Å². The Balaban J connectivity index is 1.95. The summed E-state index contributed by atoms with van der Waals surface area (Å²) in [6.07, 6.45) is 5.07. The van der Waals surface area contributed by atoms with Gasteiger partial charge in [0, 0.05) is 11.9 Å². The molecule has 1 N–H and O–H groups in total. The van der Waals surface area contributed by atoms with E-state index in [9.17, 15) is 0 Å². The van der Waals surface area contributed by atoms with Crippen LogP contribution in [0.1, 0.15) is 44.1 Å². The van der Waals surface area contributed by atoms with Gasteiger partial charge in [0.25, 0.3) is 0 Å². The van der Waals surface area contributed by atoms with Crippen molar-refractivity contribution >= 4 is 16.7 Å². The van der Waals surface area contributed by atoms with E-state index in [0.29, 0.717) is 0 Å². The smallest absolute Gasteiger partial charge is 0.130 e. The molecular formula is C16H20N2. The molecule has 2 heteroatoms. The lowest BCUT2D eigenvalue weighted by molar-refractivity contribution is 0.829. The number of hydrogen-bond acceptors (Lipinski definition) is 2. The van der Waals surface area contributed by atoms with Crippen molar-refractivity contribution < 1.29 is 0 Å². The topological polar surface area (TPSA) is 24.9 Å². The van der Waals surface area contributed by atoms with Crippen molar-refractivity contribution in [2.75, 3.05) is 11.9 Å². The number of hydrogen-bond donors (Lipinski definition) is 1. The van der Waals surface area contributed by atoms with E-state index in [4.69, 9.17) is 4.98 Å². The quantitative estimate of drug-likeness (QED) is 0.787. The van der Waals surface area contributed by atoms with Crippen LogP contribution in [0.2, 0.25) is 0 Å². The van der Waals surface area contributed by atoms with Crippen molar-refractivity contribution in [2.24, 2.45) is 0 Å². The largest absolute Gasteiger partial charge is 0.370 e.